The van der Waals surface area contributed by atoms with Crippen LogP contribution in [0, 0.1) is 18.6 Å². The second kappa shape index (κ2) is 5.93. The zero-order valence-corrected chi connectivity index (χ0v) is 12.9. The molecule has 0 aliphatic rings. The number of nitrogens with one attached hydrogen (secondary N) is 1. The van der Waals surface area contributed by atoms with Gasteiger partial charge in [-0.25, -0.2) is 13.8 Å². The number of hydrogen-bond acceptors (Lipinski definition) is 2. The van der Waals surface area contributed by atoms with Crippen LogP contribution >= 0.6 is 0 Å². The van der Waals surface area contributed by atoms with Gasteiger partial charge in [0.2, 0.25) is 0 Å². The number of aryl methyl sites for hydroxylation is 1. The molecule has 5 heteroatoms. The Hall–Kier alpha value is -1.75. The van der Waals surface area contributed by atoms with Crippen molar-refractivity contribution in [3.8, 4) is 0 Å². The van der Waals surface area contributed by atoms with E-state index in [4.69, 9.17) is 0 Å². The Bertz CT molecular complexity index is 607. The molecular weight excluding hydrogens is 272 g/mol. The molecule has 0 atom stereocenters. The molecule has 0 spiro atoms. The number of halogens is 2. The van der Waals surface area contributed by atoms with Gasteiger partial charge in [-0.05, 0) is 39.8 Å². The maximum Gasteiger partial charge on any atom is 0.131 e. The van der Waals surface area contributed by atoms with E-state index < -0.39 is 11.6 Å². The highest BCUT2D eigenvalue weighted by molar-refractivity contribution is 5.21. The van der Waals surface area contributed by atoms with Crippen molar-refractivity contribution in [2.75, 3.05) is 0 Å². The molecule has 0 amide bonds. The van der Waals surface area contributed by atoms with Crippen LogP contribution in [0.25, 0.3) is 0 Å². The maximum absolute atomic E-state index is 13.8. The van der Waals surface area contributed by atoms with E-state index in [0.29, 0.717) is 6.54 Å². The predicted octanol–water partition coefficient (Wildman–Crippen LogP) is 3.41. The standard InChI is InChI=1S/C16H21F2N3/c1-11-19-8-12(9-20-16(2,3)4)21(11)10-13-14(17)6-5-7-15(13)18/h5-8,20H,9-10H2,1-4H3. The second-order valence-corrected chi connectivity index (χ2v) is 6.19. The largest absolute Gasteiger partial charge is 0.326 e. The minimum Gasteiger partial charge on any atom is -0.326 e. The quantitative estimate of drug-likeness (QED) is 0.936. The zero-order chi connectivity index (χ0) is 15.6. The van der Waals surface area contributed by atoms with Gasteiger partial charge in [-0.1, -0.05) is 6.07 Å². The Balaban J connectivity index is 2.26. The van der Waals surface area contributed by atoms with Crippen LogP contribution in [-0.2, 0) is 13.1 Å². The van der Waals surface area contributed by atoms with Crippen LogP contribution in [-0.4, -0.2) is 15.1 Å². The summed E-state index contributed by atoms with van der Waals surface area (Å²) in [5.41, 5.74) is 0.937. The summed E-state index contributed by atoms with van der Waals surface area (Å²) >= 11 is 0. The molecule has 0 bridgehead atoms. The van der Waals surface area contributed by atoms with Crippen LogP contribution < -0.4 is 5.32 Å². The molecule has 2 rings (SSSR count). The normalized spacial score (nSPS) is 11.9. The van der Waals surface area contributed by atoms with Crippen molar-refractivity contribution in [1.82, 2.24) is 14.9 Å². The van der Waals surface area contributed by atoms with Crippen LogP contribution in [0.2, 0.25) is 0 Å². The first-order valence-corrected chi connectivity index (χ1v) is 6.97. The molecule has 1 aromatic heterocycles. The average Bonchev–Trinajstić information content (AvgIpc) is 2.72. The zero-order valence-electron chi connectivity index (χ0n) is 12.9. The molecule has 114 valence electrons. The molecule has 0 unspecified atom stereocenters. The molecule has 0 radical (unpaired) electrons. The minimum absolute atomic E-state index is 0.0355. The summed E-state index contributed by atoms with van der Waals surface area (Å²) in [6, 6.07) is 3.92. The summed E-state index contributed by atoms with van der Waals surface area (Å²) in [7, 11) is 0. The lowest BCUT2D eigenvalue weighted by Gasteiger charge is -2.21. The summed E-state index contributed by atoms with van der Waals surface area (Å²) in [4.78, 5) is 4.25. The van der Waals surface area contributed by atoms with Crippen molar-refractivity contribution in [2.45, 2.75) is 46.3 Å². The lowest BCUT2D eigenvalue weighted by atomic mass is 10.1. The molecule has 3 nitrogen and oxygen atoms in total. The average molecular weight is 293 g/mol. The van der Waals surface area contributed by atoms with E-state index in [1.807, 2.05) is 11.5 Å². The lowest BCUT2D eigenvalue weighted by molar-refractivity contribution is 0.415. The molecule has 0 aliphatic carbocycles. The smallest absolute Gasteiger partial charge is 0.131 e. The molecule has 21 heavy (non-hydrogen) atoms. The SMILES string of the molecule is Cc1ncc(CNC(C)(C)C)n1Cc1c(F)cccc1F. The highest BCUT2D eigenvalue weighted by Gasteiger charge is 2.15. The number of nitrogens with zero attached hydrogens (tertiary/aromatic N) is 2. The van der Waals surface area contributed by atoms with Gasteiger partial charge in [0.15, 0.2) is 0 Å². The number of rotatable bonds is 4. The van der Waals surface area contributed by atoms with Gasteiger partial charge >= 0.3 is 0 Å². The first-order chi connectivity index (χ1) is 9.78. The molecule has 0 aliphatic heterocycles. The van der Waals surface area contributed by atoms with E-state index in [0.717, 1.165) is 11.5 Å². The highest BCUT2D eigenvalue weighted by Crippen LogP contribution is 2.16. The Morgan fingerprint density at radius 1 is 1.19 bits per heavy atom. The van der Waals surface area contributed by atoms with Gasteiger partial charge in [0, 0.05) is 23.8 Å². The molecule has 1 heterocycles. The van der Waals surface area contributed by atoms with E-state index in [2.05, 4.69) is 31.1 Å². The summed E-state index contributed by atoms with van der Waals surface area (Å²) < 4.78 is 29.4. The summed E-state index contributed by atoms with van der Waals surface area (Å²) in [5, 5.41) is 3.36. The Labute approximate surface area is 124 Å². The second-order valence-electron chi connectivity index (χ2n) is 6.19. The monoisotopic (exact) mass is 293 g/mol. The number of hydrogen-bond donors (Lipinski definition) is 1. The third-order valence-corrected chi connectivity index (χ3v) is 3.32. The number of aromatic nitrogens is 2. The fraction of sp³-hybridized carbons (Fsp3) is 0.438. The number of imidazole rings is 1. The van der Waals surface area contributed by atoms with Crippen molar-refractivity contribution >= 4 is 0 Å². The van der Waals surface area contributed by atoms with Gasteiger partial charge in [0.25, 0.3) is 0 Å². The topological polar surface area (TPSA) is 29.9 Å². The van der Waals surface area contributed by atoms with Gasteiger partial charge < -0.3 is 9.88 Å². The van der Waals surface area contributed by atoms with Gasteiger partial charge in [0.1, 0.15) is 17.5 Å². The van der Waals surface area contributed by atoms with Crippen molar-refractivity contribution in [3.63, 3.8) is 0 Å². The van der Waals surface area contributed by atoms with Crippen molar-refractivity contribution in [3.05, 3.63) is 53.1 Å². The molecular formula is C16H21F2N3. The van der Waals surface area contributed by atoms with Crippen molar-refractivity contribution < 1.29 is 8.78 Å². The van der Waals surface area contributed by atoms with Crippen molar-refractivity contribution in [1.29, 1.82) is 0 Å². The highest BCUT2D eigenvalue weighted by atomic mass is 19.1. The first kappa shape index (κ1) is 15.6. The number of benzene rings is 1. The summed E-state index contributed by atoms with van der Waals surface area (Å²) in [6.45, 7) is 8.77. The molecule has 1 N–H and O–H groups in total. The molecule has 1 aromatic carbocycles. The van der Waals surface area contributed by atoms with Gasteiger partial charge in [-0.15, -0.1) is 0 Å². The third kappa shape index (κ3) is 3.88. The summed E-state index contributed by atoms with van der Waals surface area (Å²) in [5.74, 6) is -0.320. The Morgan fingerprint density at radius 2 is 1.81 bits per heavy atom. The van der Waals surface area contributed by atoms with E-state index in [1.165, 1.54) is 18.2 Å². The van der Waals surface area contributed by atoms with Crippen molar-refractivity contribution in [2.24, 2.45) is 0 Å². The van der Waals surface area contributed by atoms with Gasteiger partial charge in [0.05, 0.1) is 12.2 Å². The first-order valence-electron chi connectivity index (χ1n) is 6.97. The van der Waals surface area contributed by atoms with Crippen LogP contribution in [0.1, 0.15) is 37.9 Å². The maximum atomic E-state index is 13.8. The molecule has 0 saturated heterocycles. The predicted molar refractivity (Wildman–Crippen MR) is 79.0 cm³/mol. The fourth-order valence-corrected chi connectivity index (χ4v) is 2.07. The van der Waals surface area contributed by atoms with E-state index in [-0.39, 0.29) is 17.6 Å². The van der Waals surface area contributed by atoms with Gasteiger partial charge in [-0.2, -0.15) is 0 Å². The summed E-state index contributed by atoms with van der Waals surface area (Å²) in [6.07, 6.45) is 1.74. The van der Waals surface area contributed by atoms with Crippen LogP contribution in [0.15, 0.2) is 24.4 Å². The van der Waals surface area contributed by atoms with Crippen LogP contribution in [0.3, 0.4) is 0 Å². The van der Waals surface area contributed by atoms with Crippen LogP contribution in [0.4, 0.5) is 8.78 Å². The van der Waals surface area contributed by atoms with Gasteiger partial charge in [-0.3, -0.25) is 0 Å². The molecule has 0 fully saturated rings. The third-order valence-electron chi connectivity index (χ3n) is 3.32. The fourth-order valence-electron chi connectivity index (χ4n) is 2.07. The Morgan fingerprint density at radius 3 is 2.38 bits per heavy atom. The molecule has 2 aromatic rings. The van der Waals surface area contributed by atoms with E-state index >= 15 is 0 Å². The molecule has 0 saturated carbocycles. The van der Waals surface area contributed by atoms with E-state index in [9.17, 15) is 8.78 Å². The van der Waals surface area contributed by atoms with E-state index in [1.54, 1.807) is 6.20 Å². The van der Waals surface area contributed by atoms with Crippen LogP contribution in [0.5, 0.6) is 0 Å². The lowest BCUT2D eigenvalue weighted by Crippen LogP contribution is -2.35. The Kier molecular flexibility index (Phi) is 4.42. The minimum atomic E-state index is -0.530.